The third kappa shape index (κ3) is 5.61. The van der Waals surface area contributed by atoms with Crippen molar-refractivity contribution in [2.45, 2.75) is 111 Å². The highest BCUT2D eigenvalue weighted by Gasteiger charge is 2.46. The molecule has 318 valence electrons. The molecule has 4 aliphatic rings. The molecule has 0 radical (unpaired) electrons. The first-order valence-electron chi connectivity index (χ1n) is 23.3. The van der Waals surface area contributed by atoms with Crippen LogP contribution in [0.4, 0.5) is 17.1 Å². The van der Waals surface area contributed by atoms with E-state index in [2.05, 4.69) is 183 Å². The molecule has 0 saturated heterocycles. The zero-order valence-corrected chi connectivity index (χ0v) is 39.2. The van der Waals surface area contributed by atoms with Crippen LogP contribution in [0.1, 0.15) is 110 Å². The highest BCUT2D eigenvalue weighted by atomic mass is 16.6. The monoisotopic (exact) mass is 836 g/mol. The van der Waals surface area contributed by atoms with Gasteiger partial charge in [0.25, 0.3) is 0 Å². The number of para-hydroxylation sites is 2. The zero-order chi connectivity index (χ0) is 44.4. The molecule has 7 aromatic carbocycles. The van der Waals surface area contributed by atoms with Crippen molar-refractivity contribution in [1.29, 1.82) is 0 Å². The Kier molecular flexibility index (Phi) is 7.98. The third-order valence-corrected chi connectivity index (χ3v) is 15.3. The van der Waals surface area contributed by atoms with Crippen LogP contribution in [0.2, 0.25) is 0 Å². The average molecular weight is 837 g/mol. The van der Waals surface area contributed by atoms with Gasteiger partial charge in [0.15, 0.2) is 23.0 Å². The predicted molar refractivity (Wildman–Crippen MR) is 269 cm³/mol. The maximum absolute atomic E-state index is 6.80. The van der Waals surface area contributed by atoms with Crippen molar-refractivity contribution >= 4 is 56.6 Å². The van der Waals surface area contributed by atoms with Gasteiger partial charge in [-0.15, -0.1) is 0 Å². The van der Waals surface area contributed by atoms with E-state index in [0.29, 0.717) is 0 Å². The molecular formula is C59H57BN2O2. The summed E-state index contributed by atoms with van der Waals surface area (Å²) in [5.74, 6) is 2.93. The molecule has 12 rings (SSSR count). The van der Waals surface area contributed by atoms with Gasteiger partial charge >= 0.3 is 6.85 Å². The quantitative estimate of drug-likeness (QED) is 0.162. The molecule has 0 spiro atoms. The Balaban J connectivity index is 1.25. The second kappa shape index (κ2) is 13.0. The van der Waals surface area contributed by atoms with E-state index in [9.17, 15) is 0 Å². The molecule has 0 fully saturated rings. The van der Waals surface area contributed by atoms with Crippen LogP contribution >= 0.6 is 0 Å². The average Bonchev–Trinajstić information content (AvgIpc) is 3.58. The molecule has 64 heavy (non-hydrogen) atoms. The Labute approximate surface area is 379 Å². The van der Waals surface area contributed by atoms with E-state index in [0.717, 1.165) is 35.1 Å². The third-order valence-electron chi connectivity index (χ3n) is 15.3. The van der Waals surface area contributed by atoms with Crippen molar-refractivity contribution in [3.05, 3.63) is 149 Å². The number of aromatic nitrogens is 1. The topological polar surface area (TPSA) is 26.6 Å². The maximum Gasteiger partial charge on any atom is 0.333 e. The van der Waals surface area contributed by atoms with Gasteiger partial charge < -0.3 is 18.9 Å². The van der Waals surface area contributed by atoms with Gasteiger partial charge in [-0.1, -0.05) is 124 Å². The summed E-state index contributed by atoms with van der Waals surface area (Å²) in [6, 6.07) is 45.8. The lowest BCUT2D eigenvalue weighted by molar-refractivity contribution is 0.332. The second-order valence-corrected chi connectivity index (χ2v) is 22.5. The van der Waals surface area contributed by atoms with Crippen LogP contribution in [0.15, 0.2) is 121 Å². The van der Waals surface area contributed by atoms with E-state index in [4.69, 9.17) is 9.47 Å². The Morgan fingerprint density at radius 1 is 0.531 bits per heavy atom. The first-order valence-corrected chi connectivity index (χ1v) is 23.3. The van der Waals surface area contributed by atoms with Crippen LogP contribution in [0, 0.1) is 6.92 Å². The second-order valence-electron chi connectivity index (χ2n) is 22.5. The van der Waals surface area contributed by atoms with E-state index >= 15 is 0 Å². The summed E-state index contributed by atoms with van der Waals surface area (Å²) in [6.07, 6.45) is 2.32. The van der Waals surface area contributed by atoms with Crippen LogP contribution in [-0.4, -0.2) is 11.3 Å². The normalized spacial score (nSPS) is 16.4. The minimum Gasteiger partial charge on any atom is -0.450 e. The van der Waals surface area contributed by atoms with Gasteiger partial charge in [0, 0.05) is 50.5 Å². The molecule has 0 saturated carbocycles. The molecule has 4 heterocycles. The minimum absolute atomic E-state index is 0.00483. The number of ether oxygens (including phenoxy) is 2. The summed E-state index contributed by atoms with van der Waals surface area (Å²) < 4.78 is 16.3. The Morgan fingerprint density at radius 2 is 1.16 bits per heavy atom. The van der Waals surface area contributed by atoms with E-state index < -0.39 is 0 Å². The molecule has 3 aliphatic heterocycles. The Hall–Kier alpha value is -6.20. The molecule has 0 amide bonds. The molecule has 8 aromatic rings. The molecule has 1 aliphatic carbocycles. The fraction of sp³-hybridized carbons (Fsp3) is 0.288. The van der Waals surface area contributed by atoms with E-state index in [1.165, 1.54) is 101 Å². The lowest BCUT2D eigenvalue weighted by atomic mass is 9.45. The van der Waals surface area contributed by atoms with Gasteiger partial charge in [-0.2, -0.15) is 0 Å². The number of hydrogen-bond donors (Lipinski definition) is 0. The largest absolute Gasteiger partial charge is 0.450 e. The number of benzene rings is 7. The van der Waals surface area contributed by atoms with Crippen molar-refractivity contribution in [1.82, 2.24) is 4.48 Å². The number of nitrogens with zero attached hydrogens (tertiary/aromatic N) is 2. The number of hydrogen-bond acceptors (Lipinski definition) is 3. The van der Waals surface area contributed by atoms with Gasteiger partial charge in [-0.3, -0.25) is 0 Å². The van der Waals surface area contributed by atoms with Crippen molar-refractivity contribution in [3.63, 3.8) is 0 Å². The summed E-state index contributed by atoms with van der Waals surface area (Å²) in [7, 11) is 0. The first-order chi connectivity index (χ1) is 30.4. The Bertz CT molecular complexity index is 3320. The first kappa shape index (κ1) is 39.4. The van der Waals surface area contributed by atoms with Gasteiger partial charge in [0.1, 0.15) is 0 Å². The Morgan fingerprint density at radius 3 is 1.83 bits per heavy atom. The van der Waals surface area contributed by atoms with Crippen LogP contribution in [0.3, 0.4) is 0 Å². The zero-order valence-electron chi connectivity index (χ0n) is 39.2. The van der Waals surface area contributed by atoms with Gasteiger partial charge in [0.2, 0.25) is 0 Å². The number of anilines is 3. The summed E-state index contributed by atoms with van der Waals surface area (Å²) in [4.78, 5) is 2.59. The lowest BCUT2D eigenvalue weighted by Gasteiger charge is -2.45. The van der Waals surface area contributed by atoms with E-state index in [1.54, 1.807) is 0 Å². The van der Waals surface area contributed by atoms with Crippen LogP contribution < -0.4 is 25.3 Å². The summed E-state index contributed by atoms with van der Waals surface area (Å²) in [5, 5.41) is 2.62. The smallest absolute Gasteiger partial charge is 0.333 e. The van der Waals surface area contributed by atoms with E-state index in [1.807, 2.05) is 24.3 Å². The van der Waals surface area contributed by atoms with Crippen molar-refractivity contribution in [2.75, 3.05) is 4.90 Å². The number of rotatable bonds is 2. The fourth-order valence-corrected chi connectivity index (χ4v) is 11.4. The van der Waals surface area contributed by atoms with Gasteiger partial charge in [-0.05, 0) is 158 Å². The minimum atomic E-state index is -0.145. The SMILES string of the molecule is Cc1cc2c(cc1N1c3cc4c(cc3B3c5c(cc(-c6ccccc6)cc51)-c1cc(C(C)(C)C)cc5c6cc(C(C)(C)C)ccc6n3c15)Oc1ccccc1O4)C(C)(C)CCC2(C)C. The van der Waals surface area contributed by atoms with Crippen molar-refractivity contribution in [2.24, 2.45) is 0 Å². The maximum atomic E-state index is 6.80. The van der Waals surface area contributed by atoms with Crippen LogP contribution in [0.5, 0.6) is 23.0 Å². The highest BCUT2D eigenvalue weighted by Crippen LogP contribution is 2.54. The number of fused-ring (bicyclic) bond motifs is 10. The highest BCUT2D eigenvalue weighted by molar-refractivity contribution is 6.90. The van der Waals surface area contributed by atoms with Crippen LogP contribution in [-0.2, 0) is 21.7 Å². The molecule has 0 atom stereocenters. The predicted octanol–water partition coefficient (Wildman–Crippen LogP) is 15.0. The molecule has 0 bridgehead atoms. The molecule has 4 nitrogen and oxygen atoms in total. The van der Waals surface area contributed by atoms with E-state index in [-0.39, 0.29) is 28.5 Å². The van der Waals surface area contributed by atoms with Crippen molar-refractivity contribution < 1.29 is 9.47 Å². The summed E-state index contributed by atoms with van der Waals surface area (Å²) in [5.41, 5.74) is 20.5. The summed E-state index contributed by atoms with van der Waals surface area (Å²) in [6.45, 7) is 25.9. The number of aryl methyl sites for hydroxylation is 1. The van der Waals surface area contributed by atoms with Gasteiger partial charge in [-0.25, -0.2) is 0 Å². The lowest BCUT2D eigenvalue weighted by Crippen LogP contribution is -2.56. The molecular weight excluding hydrogens is 779 g/mol. The molecule has 0 unspecified atom stereocenters. The van der Waals surface area contributed by atoms with Crippen molar-refractivity contribution in [3.8, 4) is 45.3 Å². The molecule has 1 aromatic heterocycles. The van der Waals surface area contributed by atoms with Crippen LogP contribution in [0.25, 0.3) is 44.1 Å². The fourth-order valence-electron chi connectivity index (χ4n) is 11.4. The standard InChI is InChI=1S/C59H57BN2O2/c1-34-25-43-44(59(10,11)24-23-58(43,8)9)31-47(34)61-48-33-53-52(63-50-19-15-16-20-51(50)64-53)32-45(48)60-54-40(26-36(27-49(54)61)35-17-13-12-14-18-35)42-30-38(57(5,6)7)29-41-39-28-37(56(2,3)4)21-22-46(39)62(60)55(41)42/h12-22,25-33H,23-24H2,1-11H3. The van der Waals surface area contributed by atoms with Gasteiger partial charge in [0.05, 0.1) is 0 Å². The molecule has 0 N–H and O–H groups in total. The molecule has 5 heteroatoms. The summed E-state index contributed by atoms with van der Waals surface area (Å²) >= 11 is 0.